The minimum atomic E-state index is -4.49. The number of likely N-dealkylation sites (N-methyl/N-ethyl adjacent to an activating group) is 1. The molecule has 0 fully saturated rings. The van der Waals surface area contributed by atoms with Crippen molar-refractivity contribution in [2.75, 3.05) is 43.9 Å². The largest absolute Gasteiger partial charge is 0.476 e. The lowest BCUT2D eigenvalue weighted by atomic mass is 10.2. The number of alkyl halides is 6. The fourth-order valence-electron chi connectivity index (χ4n) is 2.96. The number of anilines is 2. The number of nitrogens with one attached hydrogen (secondary N) is 2. The zero-order chi connectivity index (χ0) is 26.5. The SMILES string of the molecule is Cc1nsc(NC2=NCC(C(F)(F)F)N=C2)c1C(=O)Nc1ccc(OCCN(C)CC(F)(F)F)nc1. The molecule has 2 aromatic heterocycles. The molecule has 1 atom stereocenters. The van der Waals surface area contributed by atoms with E-state index in [-0.39, 0.29) is 35.4 Å². The van der Waals surface area contributed by atoms with Gasteiger partial charge in [-0.3, -0.25) is 19.7 Å². The molecule has 0 aliphatic carbocycles. The number of amides is 1. The van der Waals surface area contributed by atoms with Gasteiger partial charge in [0.05, 0.1) is 42.4 Å². The Morgan fingerprint density at radius 2 is 2.00 bits per heavy atom. The maximum Gasteiger partial charge on any atom is 0.412 e. The van der Waals surface area contributed by atoms with Gasteiger partial charge in [-0.05, 0) is 31.6 Å². The van der Waals surface area contributed by atoms with Gasteiger partial charge >= 0.3 is 12.4 Å². The summed E-state index contributed by atoms with van der Waals surface area (Å²) >= 11 is 0.935. The molecule has 3 heterocycles. The highest BCUT2D eigenvalue weighted by atomic mass is 32.1. The Balaban J connectivity index is 1.56. The van der Waals surface area contributed by atoms with Crippen molar-refractivity contribution in [3.63, 3.8) is 0 Å². The van der Waals surface area contributed by atoms with Crippen molar-refractivity contribution in [3.05, 3.63) is 29.6 Å². The van der Waals surface area contributed by atoms with Crippen LogP contribution in [0.15, 0.2) is 28.3 Å². The minimum Gasteiger partial charge on any atom is -0.476 e. The topological polar surface area (TPSA) is 104 Å². The third-order valence-electron chi connectivity index (χ3n) is 4.69. The molecule has 0 saturated carbocycles. The van der Waals surface area contributed by atoms with Gasteiger partial charge in [0.1, 0.15) is 17.4 Å². The standard InChI is InChI=1S/C20H21F6N7O2S/c1-11-16(18(36-32-11)31-14-9-27-13(8-28-14)20(24,25)26)17(34)30-12-3-4-15(29-7-12)35-6-5-33(2)10-19(21,22)23/h3-4,7,9,13H,5-6,8,10H2,1-2H3,(H,28,31)(H,30,34). The van der Waals surface area contributed by atoms with Crippen molar-refractivity contribution in [2.24, 2.45) is 9.98 Å². The Morgan fingerprint density at radius 1 is 1.25 bits per heavy atom. The molecule has 196 valence electrons. The van der Waals surface area contributed by atoms with Gasteiger partial charge < -0.3 is 15.4 Å². The van der Waals surface area contributed by atoms with Crippen LogP contribution in [0.4, 0.5) is 37.0 Å². The van der Waals surface area contributed by atoms with Crippen LogP contribution in [0.25, 0.3) is 0 Å². The second-order valence-corrected chi connectivity index (χ2v) is 8.47. The molecule has 1 unspecified atom stereocenters. The fraction of sp³-hybridized carbons (Fsp3) is 0.450. The molecule has 0 radical (unpaired) electrons. The van der Waals surface area contributed by atoms with E-state index in [2.05, 4.69) is 30.0 Å². The van der Waals surface area contributed by atoms with Crippen molar-refractivity contribution in [2.45, 2.75) is 25.3 Å². The number of carbonyl (C=O) groups is 1. The number of hydrogen-bond acceptors (Lipinski definition) is 9. The molecule has 1 amide bonds. The summed E-state index contributed by atoms with van der Waals surface area (Å²) in [6, 6.07) is 1.03. The Morgan fingerprint density at radius 3 is 2.58 bits per heavy atom. The Labute approximate surface area is 205 Å². The maximum absolute atomic E-state index is 12.8. The third kappa shape index (κ3) is 7.87. The van der Waals surface area contributed by atoms with E-state index < -0.39 is 37.4 Å². The van der Waals surface area contributed by atoms with E-state index in [1.165, 1.54) is 25.4 Å². The normalized spacial score (nSPS) is 16.1. The summed E-state index contributed by atoms with van der Waals surface area (Å²) in [5, 5.41) is 5.69. The number of nitrogens with zero attached hydrogens (tertiary/aromatic N) is 5. The minimum absolute atomic E-state index is 0.0169. The van der Waals surface area contributed by atoms with Gasteiger partial charge in [-0.25, -0.2) is 4.98 Å². The smallest absolute Gasteiger partial charge is 0.412 e. The van der Waals surface area contributed by atoms with Crippen LogP contribution < -0.4 is 15.4 Å². The Hall–Kier alpha value is -3.27. The summed E-state index contributed by atoms with van der Waals surface area (Å²) in [7, 11) is 1.32. The van der Waals surface area contributed by atoms with Gasteiger partial charge in [0.2, 0.25) is 5.88 Å². The van der Waals surface area contributed by atoms with Gasteiger partial charge in [0.25, 0.3) is 5.91 Å². The number of aliphatic imine (C=N–C) groups is 2. The van der Waals surface area contributed by atoms with E-state index in [0.29, 0.717) is 11.4 Å². The quantitative estimate of drug-likeness (QED) is 0.497. The number of halogens is 6. The molecule has 2 N–H and O–H groups in total. The molecular formula is C20H21F6N7O2S. The molecule has 1 aliphatic heterocycles. The van der Waals surface area contributed by atoms with Crippen LogP contribution in [0, 0.1) is 6.92 Å². The predicted octanol–water partition coefficient (Wildman–Crippen LogP) is 3.80. The monoisotopic (exact) mass is 537 g/mol. The van der Waals surface area contributed by atoms with Gasteiger partial charge in [-0.2, -0.15) is 30.7 Å². The summed E-state index contributed by atoms with van der Waals surface area (Å²) in [5.74, 6) is -0.317. The Kier molecular flexibility index (Phi) is 8.50. The highest BCUT2D eigenvalue weighted by Crippen LogP contribution is 2.27. The van der Waals surface area contributed by atoms with E-state index in [4.69, 9.17) is 4.74 Å². The molecule has 9 nitrogen and oxygen atoms in total. The van der Waals surface area contributed by atoms with E-state index >= 15 is 0 Å². The third-order valence-corrected chi connectivity index (χ3v) is 5.54. The lowest BCUT2D eigenvalue weighted by Gasteiger charge is -2.18. The molecule has 3 rings (SSSR count). The van der Waals surface area contributed by atoms with Crippen molar-refractivity contribution < 1.29 is 35.9 Å². The molecule has 0 bridgehead atoms. The van der Waals surface area contributed by atoms with Gasteiger partial charge in [0, 0.05) is 12.6 Å². The summed E-state index contributed by atoms with van der Waals surface area (Å²) in [6.45, 7) is -0.0151. The number of aryl methyl sites for hydroxylation is 1. The molecule has 16 heteroatoms. The van der Waals surface area contributed by atoms with E-state index in [1.54, 1.807) is 6.92 Å². The number of ether oxygens (including phenoxy) is 1. The van der Waals surface area contributed by atoms with Crippen molar-refractivity contribution >= 4 is 40.2 Å². The highest BCUT2D eigenvalue weighted by molar-refractivity contribution is 7.11. The van der Waals surface area contributed by atoms with Crippen molar-refractivity contribution in [3.8, 4) is 5.88 Å². The number of pyridine rings is 1. The van der Waals surface area contributed by atoms with Crippen LogP contribution >= 0.6 is 11.5 Å². The van der Waals surface area contributed by atoms with Crippen LogP contribution in [0.5, 0.6) is 5.88 Å². The Bertz CT molecular complexity index is 1120. The molecule has 0 spiro atoms. The van der Waals surface area contributed by atoms with Crippen LogP contribution in [-0.2, 0) is 0 Å². The molecule has 0 aromatic carbocycles. The van der Waals surface area contributed by atoms with Gasteiger partial charge in [-0.1, -0.05) is 0 Å². The second kappa shape index (κ2) is 11.2. The lowest BCUT2D eigenvalue weighted by molar-refractivity contribution is -0.144. The van der Waals surface area contributed by atoms with Crippen LogP contribution in [0.1, 0.15) is 16.1 Å². The van der Waals surface area contributed by atoms with Gasteiger partial charge in [0.15, 0.2) is 6.04 Å². The van der Waals surface area contributed by atoms with E-state index in [1.807, 2.05) is 0 Å². The average molecular weight is 537 g/mol. The first kappa shape index (κ1) is 27.3. The van der Waals surface area contributed by atoms with Crippen molar-refractivity contribution in [1.29, 1.82) is 0 Å². The molecule has 2 aromatic rings. The number of rotatable bonds is 8. The van der Waals surface area contributed by atoms with Gasteiger partial charge in [-0.15, -0.1) is 0 Å². The van der Waals surface area contributed by atoms with E-state index in [9.17, 15) is 31.1 Å². The number of carbonyl (C=O) groups excluding carboxylic acids is 1. The number of amidine groups is 1. The van der Waals surface area contributed by atoms with Crippen LogP contribution in [0.2, 0.25) is 0 Å². The lowest BCUT2D eigenvalue weighted by Crippen LogP contribution is -2.34. The predicted molar refractivity (Wildman–Crippen MR) is 122 cm³/mol. The molecular weight excluding hydrogens is 516 g/mol. The summed E-state index contributed by atoms with van der Waals surface area (Å²) in [6.07, 6.45) is -6.52. The zero-order valence-corrected chi connectivity index (χ0v) is 19.8. The second-order valence-electron chi connectivity index (χ2n) is 7.70. The number of hydrogen-bond donors (Lipinski definition) is 2. The zero-order valence-electron chi connectivity index (χ0n) is 18.9. The maximum atomic E-state index is 12.8. The first-order valence-corrected chi connectivity index (χ1v) is 11.1. The molecule has 1 aliphatic rings. The highest BCUT2D eigenvalue weighted by Gasteiger charge is 2.40. The fourth-order valence-corrected chi connectivity index (χ4v) is 3.76. The average Bonchev–Trinajstić information content (AvgIpc) is 3.13. The van der Waals surface area contributed by atoms with Crippen molar-refractivity contribution in [1.82, 2.24) is 14.3 Å². The molecule has 0 saturated heterocycles. The molecule has 36 heavy (non-hydrogen) atoms. The summed E-state index contributed by atoms with van der Waals surface area (Å²) in [5.41, 5.74) is 0.863. The summed E-state index contributed by atoms with van der Waals surface area (Å²) < 4.78 is 84.7. The number of aromatic nitrogens is 2. The first-order valence-electron chi connectivity index (χ1n) is 10.3. The first-order chi connectivity index (χ1) is 16.8. The van der Waals surface area contributed by atoms with E-state index in [0.717, 1.165) is 22.6 Å². The summed E-state index contributed by atoms with van der Waals surface area (Å²) in [4.78, 5) is 25.2. The van der Waals surface area contributed by atoms with Crippen LogP contribution in [0.3, 0.4) is 0 Å². The van der Waals surface area contributed by atoms with Crippen LogP contribution in [-0.4, -0.2) is 83.9 Å².